The molecule has 2 heterocycles. The van der Waals surface area contributed by atoms with Gasteiger partial charge in [-0.3, -0.25) is 0 Å². The summed E-state index contributed by atoms with van der Waals surface area (Å²) in [5.74, 6) is 1.44. The minimum Gasteiger partial charge on any atom is -0.493 e. The number of piperazine rings is 1. The molecular weight excluding hydrogens is 302 g/mol. The number of carbonyl (C=O) groups is 1. The number of rotatable bonds is 2. The zero-order chi connectivity index (χ0) is 13.1. The van der Waals surface area contributed by atoms with Gasteiger partial charge in [-0.2, -0.15) is 0 Å². The molecule has 0 spiro atoms. The van der Waals surface area contributed by atoms with Crippen molar-refractivity contribution in [3.8, 4) is 5.75 Å². The summed E-state index contributed by atoms with van der Waals surface area (Å²) in [4.78, 5) is 18.7. The SMILES string of the molecule is COc1ccc(Br)nc1N1CCN(C(=O)O)CC1. The molecule has 1 fully saturated rings. The van der Waals surface area contributed by atoms with Gasteiger partial charge in [0.05, 0.1) is 7.11 Å². The van der Waals surface area contributed by atoms with Crippen LogP contribution in [0, 0.1) is 0 Å². The second-order valence-corrected chi connectivity index (χ2v) is 4.73. The highest BCUT2D eigenvalue weighted by atomic mass is 79.9. The Hall–Kier alpha value is -1.50. The average Bonchev–Trinajstić information content (AvgIpc) is 2.39. The minimum absolute atomic E-state index is 0.479. The first-order chi connectivity index (χ1) is 8.61. The van der Waals surface area contributed by atoms with Crippen LogP contribution in [0.15, 0.2) is 16.7 Å². The van der Waals surface area contributed by atoms with Gasteiger partial charge in [-0.1, -0.05) is 0 Å². The van der Waals surface area contributed by atoms with Gasteiger partial charge in [0.25, 0.3) is 0 Å². The van der Waals surface area contributed by atoms with Crippen molar-refractivity contribution in [3.63, 3.8) is 0 Å². The number of ether oxygens (including phenoxy) is 1. The average molecular weight is 316 g/mol. The molecule has 1 saturated heterocycles. The lowest BCUT2D eigenvalue weighted by Crippen LogP contribution is -2.48. The Kier molecular flexibility index (Phi) is 3.90. The van der Waals surface area contributed by atoms with Crippen molar-refractivity contribution in [2.75, 3.05) is 38.2 Å². The monoisotopic (exact) mass is 315 g/mol. The molecule has 1 amide bonds. The van der Waals surface area contributed by atoms with Crippen LogP contribution in [0.1, 0.15) is 0 Å². The summed E-state index contributed by atoms with van der Waals surface area (Å²) in [7, 11) is 1.60. The van der Waals surface area contributed by atoms with Gasteiger partial charge in [0.15, 0.2) is 11.6 Å². The molecule has 1 aliphatic rings. The van der Waals surface area contributed by atoms with Crippen molar-refractivity contribution in [2.24, 2.45) is 0 Å². The molecule has 1 aliphatic heterocycles. The highest BCUT2D eigenvalue weighted by molar-refractivity contribution is 9.10. The molecule has 1 aromatic rings. The Bertz CT molecular complexity index is 447. The fraction of sp³-hybridized carbons (Fsp3) is 0.455. The number of aromatic nitrogens is 1. The topological polar surface area (TPSA) is 65.9 Å². The van der Waals surface area contributed by atoms with E-state index in [4.69, 9.17) is 9.84 Å². The van der Waals surface area contributed by atoms with Gasteiger partial charge in [-0.15, -0.1) is 0 Å². The first kappa shape index (κ1) is 12.9. The number of anilines is 1. The van der Waals surface area contributed by atoms with Crippen LogP contribution < -0.4 is 9.64 Å². The quantitative estimate of drug-likeness (QED) is 0.841. The van der Waals surface area contributed by atoms with Crippen LogP contribution in [0.3, 0.4) is 0 Å². The van der Waals surface area contributed by atoms with Crippen LogP contribution >= 0.6 is 15.9 Å². The van der Waals surface area contributed by atoms with Crippen molar-refractivity contribution in [1.82, 2.24) is 9.88 Å². The Morgan fingerprint density at radius 1 is 1.39 bits per heavy atom. The Balaban J connectivity index is 2.14. The van der Waals surface area contributed by atoms with Crippen LogP contribution in [0.4, 0.5) is 10.6 Å². The lowest BCUT2D eigenvalue weighted by molar-refractivity contribution is 0.142. The molecule has 18 heavy (non-hydrogen) atoms. The third kappa shape index (κ3) is 2.66. The number of pyridine rings is 1. The van der Waals surface area contributed by atoms with Gasteiger partial charge >= 0.3 is 6.09 Å². The lowest BCUT2D eigenvalue weighted by Gasteiger charge is -2.34. The van der Waals surface area contributed by atoms with Crippen molar-refractivity contribution in [3.05, 3.63) is 16.7 Å². The van der Waals surface area contributed by atoms with Gasteiger partial charge in [-0.25, -0.2) is 9.78 Å². The molecule has 0 aromatic carbocycles. The fourth-order valence-electron chi connectivity index (χ4n) is 1.91. The number of carboxylic acid groups (broad SMARTS) is 1. The van der Waals surface area contributed by atoms with Crippen LogP contribution in [-0.2, 0) is 0 Å². The Morgan fingerprint density at radius 2 is 2.06 bits per heavy atom. The zero-order valence-corrected chi connectivity index (χ0v) is 11.6. The highest BCUT2D eigenvalue weighted by Crippen LogP contribution is 2.28. The van der Waals surface area contributed by atoms with E-state index in [1.807, 2.05) is 17.0 Å². The van der Waals surface area contributed by atoms with Crippen LogP contribution in [0.25, 0.3) is 0 Å². The van der Waals surface area contributed by atoms with E-state index in [1.165, 1.54) is 4.90 Å². The van der Waals surface area contributed by atoms with Crippen molar-refractivity contribution in [1.29, 1.82) is 0 Å². The standard InChI is InChI=1S/C11H14BrN3O3/c1-18-8-2-3-9(12)13-10(8)14-4-6-15(7-5-14)11(16)17/h2-3H,4-7H2,1H3,(H,16,17). The molecule has 0 unspecified atom stereocenters. The van der Waals surface area contributed by atoms with E-state index in [2.05, 4.69) is 20.9 Å². The number of amides is 1. The van der Waals surface area contributed by atoms with Gasteiger partial charge in [-0.05, 0) is 28.1 Å². The molecule has 0 radical (unpaired) electrons. The van der Waals surface area contributed by atoms with E-state index in [0.29, 0.717) is 31.9 Å². The second-order valence-electron chi connectivity index (χ2n) is 3.92. The largest absolute Gasteiger partial charge is 0.493 e. The number of nitrogens with zero attached hydrogens (tertiary/aromatic N) is 3. The number of hydrogen-bond donors (Lipinski definition) is 1. The Labute approximate surface area is 113 Å². The minimum atomic E-state index is -0.871. The highest BCUT2D eigenvalue weighted by Gasteiger charge is 2.23. The summed E-state index contributed by atoms with van der Waals surface area (Å²) >= 11 is 3.33. The Morgan fingerprint density at radius 3 is 2.61 bits per heavy atom. The molecular formula is C11H14BrN3O3. The third-order valence-electron chi connectivity index (χ3n) is 2.87. The maximum absolute atomic E-state index is 10.8. The molecule has 0 saturated carbocycles. The molecule has 2 rings (SSSR count). The number of hydrogen-bond acceptors (Lipinski definition) is 4. The predicted octanol–water partition coefficient (Wildman–Crippen LogP) is 1.65. The third-order valence-corrected chi connectivity index (χ3v) is 3.32. The van der Waals surface area contributed by atoms with E-state index in [0.717, 1.165) is 10.4 Å². The van der Waals surface area contributed by atoms with E-state index in [1.54, 1.807) is 7.11 Å². The van der Waals surface area contributed by atoms with E-state index in [-0.39, 0.29) is 0 Å². The summed E-state index contributed by atoms with van der Waals surface area (Å²) in [5, 5.41) is 8.90. The number of methoxy groups -OCH3 is 1. The molecule has 1 N–H and O–H groups in total. The molecule has 0 atom stereocenters. The smallest absolute Gasteiger partial charge is 0.407 e. The molecule has 0 aliphatic carbocycles. The first-order valence-electron chi connectivity index (χ1n) is 5.55. The summed E-state index contributed by atoms with van der Waals surface area (Å²) < 4.78 is 6.01. The van der Waals surface area contributed by atoms with E-state index in [9.17, 15) is 4.79 Å². The van der Waals surface area contributed by atoms with Gasteiger partial charge < -0.3 is 19.6 Å². The number of halogens is 1. The van der Waals surface area contributed by atoms with Crippen LogP contribution in [0.5, 0.6) is 5.75 Å². The molecule has 7 heteroatoms. The van der Waals surface area contributed by atoms with Crippen LogP contribution in [0.2, 0.25) is 0 Å². The predicted molar refractivity (Wildman–Crippen MR) is 70.3 cm³/mol. The first-order valence-corrected chi connectivity index (χ1v) is 6.34. The zero-order valence-electron chi connectivity index (χ0n) is 9.97. The fourth-order valence-corrected chi connectivity index (χ4v) is 2.21. The van der Waals surface area contributed by atoms with E-state index >= 15 is 0 Å². The maximum Gasteiger partial charge on any atom is 0.407 e. The van der Waals surface area contributed by atoms with Crippen LogP contribution in [-0.4, -0.2) is 54.4 Å². The molecule has 0 bridgehead atoms. The maximum atomic E-state index is 10.8. The normalized spacial score (nSPS) is 15.7. The van der Waals surface area contributed by atoms with Crippen molar-refractivity contribution >= 4 is 27.8 Å². The van der Waals surface area contributed by atoms with Gasteiger partial charge in [0.2, 0.25) is 0 Å². The summed E-state index contributed by atoms with van der Waals surface area (Å²) in [6, 6.07) is 3.66. The van der Waals surface area contributed by atoms with Crippen molar-refractivity contribution in [2.45, 2.75) is 0 Å². The summed E-state index contributed by atoms with van der Waals surface area (Å²) in [6.45, 7) is 2.19. The van der Waals surface area contributed by atoms with E-state index < -0.39 is 6.09 Å². The second kappa shape index (κ2) is 5.43. The molecule has 98 valence electrons. The molecule has 6 nitrogen and oxygen atoms in total. The van der Waals surface area contributed by atoms with Gasteiger partial charge in [0, 0.05) is 26.2 Å². The van der Waals surface area contributed by atoms with Gasteiger partial charge in [0.1, 0.15) is 4.60 Å². The van der Waals surface area contributed by atoms with Crippen molar-refractivity contribution < 1.29 is 14.6 Å². The molecule has 1 aromatic heterocycles. The summed E-state index contributed by atoms with van der Waals surface area (Å²) in [6.07, 6.45) is -0.871. The lowest BCUT2D eigenvalue weighted by atomic mass is 10.3. The summed E-state index contributed by atoms with van der Waals surface area (Å²) in [5.41, 5.74) is 0.